The predicted octanol–water partition coefficient (Wildman–Crippen LogP) is 3.53. The number of hydrogen-bond donors (Lipinski definition) is 2. The third kappa shape index (κ3) is 6.86. The molecule has 2 heterocycles. The number of amides is 1. The summed E-state index contributed by atoms with van der Waals surface area (Å²) in [5.41, 5.74) is 3.59. The van der Waals surface area contributed by atoms with Crippen LogP contribution in [0.5, 0.6) is 0 Å². The lowest BCUT2D eigenvalue weighted by atomic mass is 9.98. The zero-order chi connectivity index (χ0) is 23.8. The standard InChI is InChI=1S/C23H27FN2O.C2H2O4/c24-21-10-8-18(9-11-21)20-13-16-25(17-20)15-12-19-5-1-2-6-22(19)26-14-4-3-7-23(26)27;3-1(4)2(5)6/h1-2,5-6,8-11,20H,3-4,7,12-17H2;(H,3,4)(H,5,6). The van der Waals surface area contributed by atoms with E-state index in [9.17, 15) is 9.18 Å². The van der Waals surface area contributed by atoms with Crippen LogP contribution in [0.4, 0.5) is 10.1 Å². The second kappa shape index (κ2) is 11.6. The summed E-state index contributed by atoms with van der Waals surface area (Å²) in [6.45, 7) is 3.94. The number of anilines is 1. The molecule has 0 aliphatic carbocycles. The molecule has 8 heteroatoms. The van der Waals surface area contributed by atoms with E-state index in [2.05, 4.69) is 23.1 Å². The molecule has 1 unspecified atom stereocenters. The Morgan fingerprint density at radius 3 is 2.33 bits per heavy atom. The van der Waals surface area contributed by atoms with Crippen LogP contribution in [-0.4, -0.2) is 59.1 Å². The highest BCUT2D eigenvalue weighted by Crippen LogP contribution is 2.29. The molecule has 4 rings (SSSR count). The van der Waals surface area contributed by atoms with Gasteiger partial charge in [-0.1, -0.05) is 30.3 Å². The molecule has 2 N–H and O–H groups in total. The first-order valence-corrected chi connectivity index (χ1v) is 11.2. The fourth-order valence-corrected chi connectivity index (χ4v) is 4.37. The van der Waals surface area contributed by atoms with Gasteiger partial charge in [0, 0.05) is 31.7 Å². The van der Waals surface area contributed by atoms with Gasteiger partial charge in [0.25, 0.3) is 0 Å². The highest BCUT2D eigenvalue weighted by atomic mass is 19.1. The minimum Gasteiger partial charge on any atom is -0.473 e. The number of rotatable bonds is 5. The number of carbonyl (C=O) groups excluding carboxylic acids is 1. The van der Waals surface area contributed by atoms with Gasteiger partial charge in [0.15, 0.2) is 0 Å². The fraction of sp³-hybridized carbons (Fsp3) is 0.400. The van der Waals surface area contributed by atoms with Gasteiger partial charge in [0.05, 0.1) is 0 Å². The van der Waals surface area contributed by atoms with E-state index in [0.717, 1.165) is 57.5 Å². The molecule has 0 saturated carbocycles. The summed E-state index contributed by atoms with van der Waals surface area (Å²) in [6.07, 6.45) is 4.84. The van der Waals surface area contributed by atoms with Crippen LogP contribution in [0.15, 0.2) is 48.5 Å². The monoisotopic (exact) mass is 456 g/mol. The largest absolute Gasteiger partial charge is 0.473 e. The zero-order valence-electron chi connectivity index (χ0n) is 18.5. The van der Waals surface area contributed by atoms with Crippen molar-refractivity contribution < 1.29 is 29.0 Å². The molecule has 2 aromatic carbocycles. The van der Waals surface area contributed by atoms with Crippen molar-refractivity contribution in [2.24, 2.45) is 0 Å². The third-order valence-corrected chi connectivity index (χ3v) is 6.10. The molecule has 176 valence electrons. The Balaban J connectivity index is 0.000000454. The van der Waals surface area contributed by atoms with Crippen molar-refractivity contribution in [3.05, 3.63) is 65.5 Å². The van der Waals surface area contributed by atoms with Gasteiger partial charge in [-0.25, -0.2) is 14.0 Å². The summed E-state index contributed by atoms with van der Waals surface area (Å²) in [7, 11) is 0. The Labute approximate surface area is 192 Å². The Morgan fingerprint density at radius 1 is 0.970 bits per heavy atom. The van der Waals surface area contributed by atoms with Crippen LogP contribution in [0.25, 0.3) is 0 Å². The maximum absolute atomic E-state index is 13.1. The number of nitrogens with zero attached hydrogens (tertiary/aromatic N) is 2. The van der Waals surface area contributed by atoms with Crippen molar-refractivity contribution >= 4 is 23.5 Å². The van der Waals surface area contributed by atoms with Gasteiger partial charge < -0.3 is 20.0 Å². The third-order valence-electron chi connectivity index (χ3n) is 6.10. The van der Waals surface area contributed by atoms with Crippen LogP contribution < -0.4 is 4.90 Å². The first-order valence-electron chi connectivity index (χ1n) is 11.2. The zero-order valence-corrected chi connectivity index (χ0v) is 18.5. The van der Waals surface area contributed by atoms with Gasteiger partial charge in [-0.15, -0.1) is 0 Å². The minimum atomic E-state index is -1.82. The molecule has 33 heavy (non-hydrogen) atoms. The van der Waals surface area contributed by atoms with Crippen molar-refractivity contribution in [3.8, 4) is 0 Å². The van der Waals surface area contributed by atoms with Crippen LogP contribution in [-0.2, 0) is 20.8 Å². The number of carbonyl (C=O) groups is 3. The molecule has 2 aliphatic rings. The molecular formula is C25H29FN2O5. The number of aliphatic carboxylic acids is 2. The van der Waals surface area contributed by atoms with Crippen molar-refractivity contribution in [1.82, 2.24) is 4.90 Å². The summed E-state index contributed by atoms with van der Waals surface area (Å²) in [5.74, 6) is -3.07. The van der Waals surface area contributed by atoms with Crippen LogP contribution in [0.1, 0.15) is 42.7 Å². The number of piperidine rings is 1. The van der Waals surface area contributed by atoms with E-state index in [4.69, 9.17) is 19.8 Å². The molecule has 2 aromatic rings. The second-order valence-corrected chi connectivity index (χ2v) is 8.33. The highest BCUT2D eigenvalue weighted by molar-refractivity contribution is 6.27. The van der Waals surface area contributed by atoms with E-state index < -0.39 is 11.9 Å². The van der Waals surface area contributed by atoms with Crippen molar-refractivity contribution in [1.29, 1.82) is 0 Å². The molecule has 0 radical (unpaired) electrons. The highest BCUT2D eigenvalue weighted by Gasteiger charge is 2.25. The number of para-hydroxylation sites is 1. The van der Waals surface area contributed by atoms with Gasteiger partial charge in [-0.05, 0) is 67.5 Å². The van der Waals surface area contributed by atoms with Gasteiger partial charge in [0.1, 0.15) is 5.82 Å². The average Bonchev–Trinajstić information content (AvgIpc) is 3.28. The quantitative estimate of drug-likeness (QED) is 0.668. The molecule has 0 spiro atoms. The molecule has 7 nitrogen and oxygen atoms in total. The molecule has 0 aromatic heterocycles. The normalized spacial score (nSPS) is 18.5. The van der Waals surface area contributed by atoms with E-state index in [1.807, 2.05) is 23.1 Å². The first kappa shape index (κ1) is 24.4. The SMILES string of the molecule is O=C(O)C(=O)O.O=C1CCCCN1c1ccccc1CCN1CCC(c2ccc(F)cc2)C1. The fourth-order valence-electron chi connectivity index (χ4n) is 4.37. The Morgan fingerprint density at radius 2 is 1.67 bits per heavy atom. The van der Waals surface area contributed by atoms with Crippen LogP contribution in [0.2, 0.25) is 0 Å². The van der Waals surface area contributed by atoms with Crippen LogP contribution >= 0.6 is 0 Å². The maximum atomic E-state index is 13.1. The number of carboxylic acid groups (broad SMARTS) is 2. The van der Waals surface area contributed by atoms with Crippen LogP contribution in [0, 0.1) is 5.82 Å². The van der Waals surface area contributed by atoms with Crippen LogP contribution in [0.3, 0.4) is 0 Å². The average molecular weight is 457 g/mol. The van der Waals surface area contributed by atoms with Gasteiger partial charge in [0.2, 0.25) is 5.91 Å². The Hall–Kier alpha value is -3.26. The van der Waals surface area contributed by atoms with Gasteiger partial charge >= 0.3 is 11.9 Å². The topological polar surface area (TPSA) is 98.1 Å². The lowest BCUT2D eigenvalue weighted by molar-refractivity contribution is -0.159. The Kier molecular flexibility index (Phi) is 8.54. The van der Waals surface area contributed by atoms with Gasteiger partial charge in [-0.2, -0.15) is 0 Å². The van der Waals surface area contributed by atoms with E-state index in [1.54, 1.807) is 12.1 Å². The number of likely N-dealkylation sites (tertiary alicyclic amines) is 1. The smallest absolute Gasteiger partial charge is 0.414 e. The number of carboxylic acids is 2. The van der Waals surface area contributed by atoms with E-state index in [-0.39, 0.29) is 11.7 Å². The number of benzene rings is 2. The van der Waals surface area contributed by atoms with E-state index in [0.29, 0.717) is 12.3 Å². The van der Waals surface area contributed by atoms with E-state index >= 15 is 0 Å². The van der Waals surface area contributed by atoms with Crippen molar-refractivity contribution in [2.75, 3.05) is 31.1 Å². The summed E-state index contributed by atoms with van der Waals surface area (Å²) >= 11 is 0. The maximum Gasteiger partial charge on any atom is 0.414 e. The lowest BCUT2D eigenvalue weighted by Crippen LogP contribution is -2.36. The predicted molar refractivity (Wildman–Crippen MR) is 122 cm³/mol. The second-order valence-electron chi connectivity index (χ2n) is 8.33. The summed E-state index contributed by atoms with van der Waals surface area (Å²) in [6, 6.07) is 15.3. The van der Waals surface area contributed by atoms with E-state index in [1.165, 1.54) is 11.1 Å². The minimum absolute atomic E-state index is 0.169. The summed E-state index contributed by atoms with van der Waals surface area (Å²) < 4.78 is 13.1. The molecule has 2 saturated heterocycles. The first-order chi connectivity index (χ1) is 15.8. The molecule has 2 aliphatic heterocycles. The number of halogens is 1. The molecule has 1 atom stereocenters. The molecule has 1 amide bonds. The van der Waals surface area contributed by atoms with Crippen molar-refractivity contribution in [3.63, 3.8) is 0 Å². The number of hydrogen-bond acceptors (Lipinski definition) is 4. The molecular weight excluding hydrogens is 427 g/mol. The van der Waals surface area contributed by atoms with Gasteiger partial charge in [-0.3, -0.25) is 4.79 Å². The molecule has 0 bridgehead atoms. The van der Waals surface area contributed by atoms with Crippen molar-refractivity contribution in [2.45, 2.75) is 38.0 Å². The lowest BCUT2D eigenvalue weighted by Gasteiger charge is -2.29. The summed E-state index contributed by atoms with van der Waals surface area (Å²) in [5, 5.41) is 14.8. The summed E-state index contributed by atoms with van der Waals surface area (Å²) in [4.78, 5) is 35.0. The Bertz CT molecular complexity index is 967. The molecule has 2 fully saturated rings.